The molecule has 1 atom stereocenters. The minimum atomic E-state index is -0.595. The summed E-state index contributed by atoms with van der Waals surface area (Å²) in [5.41, 5.74) is 4.62. The van der Waals surface area contributed by atoms with Crippen LogP contribution in [0.15, 0.2) is 9.59 Å². The van der Waals surface area contributed by atoms with Gasteiger partial charge in [0.15, 0.2) is 0 Å². The van der Waals surface area contributed by atoms with E-state index in [0.29, 0.717) is 13.1 Å². The van der Waals surface area contributed by atoms with Crippen LogP contribution in [0.4, 0.5) is 5.82 Å². The summed E-state index contributed by atoms with van der Waals surface area (Å²) in [7, 11) is 0. The monoisotopic (exact) mass is 197 g/mol. The molecule has 1 aliphatic rings. The van der Waals surface area contributed by atoms with Gasteiger partial charge in [-0.3, -0.25) is 9.78 Å². The van der Waals surface area contributed by atoms with Crippen molar-refractivity contribution in [2.24, 2.45) is 5.73 Å². The normalized spacial score (nSPS) is 21.5. The van der Waals surface area contributed by atoms with Crippen molar-refractivity contribution in [2.75, 3.05) is 18.0 Å². The Balaban J connectivity index is 2.33. The van der Waals surface area contributed by atoms with Gasteiger partial charge >= 0.3 is 5.69 Å². The highest BCUT2D eigenvalue weighted by Crippen LogP contribution is 2.11. The molecule has 4 N–H and O–H groups in total. The van der Waals surface area contributed by atoms with Crippen LogP contribution in [-0.4, -0.2) is 34.3 Å². The average molecular weight is 197 g/mol. The number of aromatic amines is 2. The maximum absolute atomic E-state index is 11.3. The van der Waals surface area contributed by atoms with Crippen molar-refractivity contribution < 1.29 is 0 Å². The van der Waals surface area contributed by atoms with E-state index in [1.165, 1.54) is 0 Å². The molecule has 1 aromatic rings. The van der Waals surface area contributed by atoms with Crippen LogP contribution in [-0.2, 0) is 0 Å². The average Bonchev–Trinajstić information content (AvgIpc) is 2.51. The number of H-pyrrole nitrogens is 2. The van der Waals surface area contributed by atoms with Crippen LogP contribution in [0.5, 0.6) is 0 Å². The van der Waals surface area contributed by atoms with Gasteiger partial charge in [-0.15, -0.1) is 5.10 Å². The molecule has 0 aliphatic carbocycles. The third-order valence-corrected chi connectivity index (χ3v) is 2.22. The van der Waals surface area contributed by atoms with E-state index in [1.807, 2.05) is 0 Å². The van der Waals surface area contributed by atoms with Crippen LogP contribution in [0.1, 0.15) is 6.42 Å². The van der Waals surface area contributed by atoms with E-state index >= 15 is 0 Å². The molecule has 0 radical (unpaired) electrons. The maximum Gasteiger partial charge on any atom is 0.342 e. The molecule has 1 fully saturated rings. The Morgan fingerprint density at radius 3 is 2.86 bits per heavy atom. The first-order chi connectivity index (χ1) is 6.66. The third kappa shape index (κ3) is 1.53. The maximum atomic E-state index is 11.3. The summed E-state index contributed by atoms with van der Waals surface area (Å²) in [6, 6.07) is 0.0723. The lowest BCUT2D eigenvalue weighted by atomic mass is 10.3. The molecule has 1 aromatic heterocycles. The minimum Gasteiger partial charge on any atom is -0.349 e. The molecule has 1 saturated heterocycles. The highest BCUT2D eigenvalue weighted by Gasteiger charge is 2.22. The van der Waals surface area contributed by atoms with Gasteiger partial charge in [-0.2, -0.15) is 0 Å². The second kappa shape index (κ2) is 3.26. The molecule has 7 nitrogen and oxygen atoms in total. The fraction of sp³-hybridized carbons (Fsp3) is 0.571. The SMILES string of the molecule is NC1CCN(c2n[nH]c(=O)[nH]c2=O)C1. The molecule has 1 aliphatic heterocycles. The zero-order chi connectivity index (χ0) is 10.1. The fourth-order valence-electron chi connectivity index (χ4n) is 1.54. The van der Waals surface area contributed by atoms with Gasteiger partial charge in [-0.25, -0.2) is 9.89 Å². The molecule has 0 amide bonds. The standard InChI is InChI=1S/C7H11N5O2/c8-4-1-2-12(3-4)5-6(13)9-7(14)11-10-5/h4H,1-3,8H2,(H2,9,11,13,14). The number of hydrogen-bond acceptors (Lipinski definition) is 5. The van der Waals surface area contributed by atoms with E-state index in [2.05, 4.69) is 15.2 Å². The molecule has 1 unspecified atom stereocenters. The minimum absolute atomic E-state index is 0.0723. The summed E-state index contributed by atoms with van der Waals surface area (Å²) in [5.74, 6) is 0.234. The lowest BCUT2D eigenvalue weighted by Gasteiger charge is -2.13. The third-order valence-electron chi connectivity index (χ3n) is 2.22. The van der Waals surface area contributed by atoms with Crippen molar-refractivity contribution in [1.82, 2.24) is 15.2 Å². The molecule has 76 valence electrons. The smallest absolute Gasteiger partial charge is 0.342 e. The number of anilines is 1. The van der Waals surface area contributed by atoms with E-state index < -0.39 is 11.2 Å². The summed E-state index contributed by atoms with van der Waals surface area (Å²) in [5, 5.41) is 5.87. The van der Waals surface area contributed by atoms with Crippen LogP contribution >= 0.6 is 0 Å². The van der Waals surface area contributed by atoms with Gasteiger partial charge in [0.25, 0.3) is 5.56 Å². The molecule has 2 rings (SSSR count). The molecule has 0 bridgehead atoms. The number of hydrogen-bond donors (Lipinski definition) is 3. The Labute approximate surface area is 78.9 Å². The predicted molar refractivity (Wildman–Crippen MR) is 50.3 cm³/mol. The van der Waals surface area contributed by atoms with Crippen LogP contribution in [0, 0.1) is 0 Å². The summed E-state index contributed by atoms with van der Waals surface area (Å²) in [6.45, 7) is 1.30. The number of nitrogens with zero attached hydrogens (tertiary/aromatic N) is 2. The van der Waals surface area contributed by atoms with E-state index in [1.54, 1.807) is 4.90 Å². The van der Waals surface area contributed by atoms with E-state index in [0.717, 1.165) is 6.42 Å². The van der Waals surface area contributed by atoms with Crippen molar-refractivity contribution >= 4 is 5.82 Å². The Bertz CT molecular complexity index is 436. The first kappa shape index (κ1) is 8.95. The summed E-state index contributed by atoms with van der Waals surface area (Å²) in [6.07, 6.45) is 0.834. The highest BCUT2D eigenvalue weighted by molar-refractivity contribution is 5.35. The highest BCUT2D eigenvalue weighted by atomic mass is 16.2. The summed E-state index contributed by atoms with van der Waals surface area (Å²) < 4.78 is 0. The molecular weight excluding hydrogens is 186 g/mol. The molecule has 14 heavy (non-hydrogen) atoms. The summed E-state index contributed by atoms with van der Waals surface area (Å²) >= 11 is 0. The van der Waals surface area contributed by atoms with Gasteiger partial charge in [0.1, 0.15) is 0 Å². The summed E-state index contributed by atoms with van der Waals surface area (Å²) in [4.78, 5) is 25.9. The van der Waals surface area contributed by atoms with Gasteiger partial charge in [-0.05, 0) is 6.42 Å². The lowest BCUT2D eigenvalue weighted by Crippen LogP contribution is -2.34. The lowest BCUT2D eigenvalue weighted by molar-refractivity contribution is 0.748. The largest absolute Gasteiger partial charge is 0.349 e. The zero-order valence-electron chi connectivity index (χ0n) is 7.49. The predicted octanol–water partition coefficient (Wildman–Crippen LogP) is -2.00. The number of aromatic nitrogens is 3. The Kier molecular flexibility index (Phi) is 2.08. The van der Waals surface area contributed by atoms with E-state index in [9.17, 15) is 9.59 Å². The number of rotatable bonds is 1. The van der Waals surface area contributed by atoms with Crippen molar-refractivity contribution in [3.8, 4) is 0 Å². The van der Waals surface area contributed by atoms with Crippen LogP contribution in [0.3, 0.4) is 0 Å². The second-order valence-corrected chi connectivity index (χ2v) is 3.33. The quantitative estimate of drug-likeness (QED) is 0.482. The Hall–Kier alpha value is -1.63. The van der Waals surface area contributed by atoms with Gasteiger partial charge in [0.05, 0.1) is 0 Å². The molecule has 0 spiro atoms. The van der Waals surface area contributed by atoms with Crippen molar-refractivity contribution in [2.45, 2.75) is 12.5 Å². The molecule has 0 saturated carbocycles. The van der Waals surface area contributed by atoms with E-state index in [4.69, 9.17) is 5.73 Å². The molecule has 0 aromatic carbocycles. The Morgan fingerprint density at radius 2 is 2.29 bits per heavy atom. The molecule has 7 heteroatoms. The van der Waals surface area contributed by atoms with Crippen molar-refractivity contribution in [3.63, 3.8) is 0 Å². The first-order valence-electron chi connectivity index (χ1n) is 4.36. The van der Waals surface area contributed by atoms with Gasteiger partial charge in [-0.1, -0.05) is 0 Å². The second-order valence-electron chi connectivity index (χ2n) is 3.33. The topological polar surface area (TPSA) is 108 Å². The van der Waals surface area contributed by atoms with Crippen LogP contribution in [0.2, 0.25) is 0 Å². The van der Waals surface area contributed by atoms with Gasteiger partial charge < -0.3 is 10.6 Å². The number of nitrogens with one attached hydrogen (secondary N) is 2. The molecule has 2 heterocycles. The van der Waals surface area contributed by atoms with Gasteiger partial charge in [0, 0.05) is 19.1 Å². The van der Waals surface area contributed by atoms with Crippen molar-refractivity contribution in [1.29, 1.82) is 0 Å². The Morgan fingerprint density at radius 1 is 1.50 bits per heavy atom. The number of nitrogens with two attached hydrogens (primary N) is 1. The van der Waals surface area contributed by atoms with Gasteiger partial charge in [0.2, 0.25) is 5.82 Å². The first-order valence-corrected chi connectivity index (χ1v) is 4.36. The molecular formula is C7H11N5O2. The van der Waals surface area contributed by atoms with Crippen LogP contribution < -0.4 is 21.9 Å². The van der Waals surface area contributed by atoms with Crippen LogP contribution in [0.25, 0.3) is 0 Å². The van der Waals surface area contributed by atoms with E-state index in [-0.39, 0.29) is 11.9 Å². The van der Waals surface area contributed by atoms with Crippen molar-refractivity contribution in [3.05, 3.63) is 20.8 Å². The fourth-order valence-corrected chi connectivity index (χ4v) is 1.54. The zero-order valence-corrected chi connectivity index (χ0v) is 7.49.